The van der Waals surface area contributed by atoms with Crippen LogP contribution in [0.1, 0.15) is 19.8 Å². The number of aliphatic hydroxyl groups excluding tert-OH is 2. The van der Waals surface area contributed by atoms with Gasteiger partial charge < -0.3 is 14.9 Å². The van der Waals surface area contributed by atoms with E-state index in [9.17, 15) is 15.0 Å². The van der Waals surface area contributed by atoms with E-state index >= 15 is 0 Å². The average molecular weight is 212 g/mol. The molecule has 0 saturated heterocycles. The highest BCUT2D eigenvalue weighted by atomic mass is 16.5. The predicted octanol–water partition coefficient (Wildman–Crippen LogP) is 0.548. The van der Waals surface area contributed by atoms with Crippen LogP contribution in [0.15, 0.2) is 23.8 Å². The Labute approximate surface area is 88.9 Å². The number of esters is 1. The molecule has 1 aliphatic rings. The van der Waals surface area contributed by atoms with Gasteiger partial charge in [-0.25, -0.2) is 4.79 Å². The van der Waals surface area contributed by atoms with Gasteiger partial charge in [-0.15, -0.1) is 0 Å². The van der Waals surface area contributed by atoms with Crippen molar-refractivity contribution in [2.45, 2.75) is 32.0 Å². The predicted molar refractivity (Wildman–Crippen MR) is 55.1 cm³/mol. The molecule has 1 saturated carbocycles. The number of carbonyl (C=O) groups is 1. The standard InChI is InChI=1S/C11H16O4/c1-3-15-11(14)5-8-4-9(12)6-10(13)7(8)2/h5,9-10,12-13H,2-4,6H2,1H3/b8-5-. The average Bonchev–Trinajstić information content (AvgIpc) is 2.13. The lowest BCUT2D eigenvalue weighted by Crippen LogP contribution is -2.27. The third-order valence-corrected chi connectivity index (χ3v) is 2.34. The fourth-order valence-electron chi connectivity index (χ4n) is 1.56. The zero-order valence-corrected chi connectivity index (χ0v) is 8.77. The molecule has 0 spiro atoms. The molecule has 4 nitrogen and oxygen atoms in total. The van der Waals surface area contributed by atoms with E-state index in [2.05, 4.69) is 6.58 Å². The quantitative estimate of drug-likeness (QED) is 0.518. The summed E-state index contributed by atoms with van der Waals surface area (Å²) in [6, 6.07) is 0. The van der Waals surface area contributed by atoms with Crippen LogP contribution in [0.25, 0.3) is 0 Å². The fourth-order valence-corrected chi connectivity index (χ4v) is 1.56. The van der Waals surface area contributed by atoms with Gasteiger partial charge in [-0.3, -0.25) is 0 Å². The fraction of sp³-hybridized carbons (Fsp3) is 0.545. The summed E-state index contributed by atoms with van der Waals surface area (Å²) in [4.78, 5) is 11.2. The summed E-state index contributed by atoms with van der Waals surface area (Å²) >= 11 is 0. The van der Waals surface area contributed by atoms with Crippen LogP contribution < -0.4 is 0 Å². The van der Waals surface area contributed by atoms with E-state index in [1.165, 1.54) is 6.08 Å². The molecule has 4 heteroatoms. The highest BCUT2D eigenvalue weighted by molar-refractivity contribution is 5.83. The van der Waals surface area contributed by atoms with Crippen LogP contribution in [0.3, 0.4) is 0 Å². The van der Waals surface area contributed by atoms with Gasteiger partial charge in [0, 0.05) is 12.5 Å². The van der Waals surface area contributed by atoms with Crippen molar-refractivity contribution >= 4 is 5.97 Å². The second-order valence-electron chi connectivity index (χ2n) is 3.56. The lowest BCUT2D eigenvalue weighted by atomic mass is 9.86. The maximum absolute atomic E-state index is 11.2. The lowest BCUT2D eigenvalue weighted by Gasteiger charge is -2.26. The number of ether oxygens (including phenoxy) is 1. The number of hydrogen-bond donors (Lipinski definition) is 2. The molecule has 1 aliphatic carbocycles. The van der Waals surface area contributed by atoms with Crippen molar-refractivity contribution < 1.29 is 19.7 Å². The third kappa shape index (κ3) is 3.18. The summed E-state index contributed by atoms with van der Waals surface area (Å²) in [7, 11) is 0. The smallest absolute Gasteiger partial charge is 0.331 e. The van der Waals surface area contributed by atoms with Gasteiger partial charge in [0.25, 0.3) is 0 Å². The van der Waals surface area contributed by atoms with E-state index in [1.54, 1.807) is 6.92 Å². The molecular formula is C11H16O4. The highest BCUT2D eigenvalue weighted by Crippen LogP contribution is 2.28. The van der Waals surface area contributed by atoms with Crippen molar-refractivity contribution in [3.63, 3.8) is 0 Å². The molecule has 0 radical (unpaired) electrons. The van der Waals surface area contributed by atoms with Crippen LogP contribution in [-0.4, -0.2) is 35.0 Å². The van der Waals surface area contributed by atoms with Gasteiger partial charge in [-0.2, -0.15) is 0 Å². The second kappa shape index (κ2) is 5.09. The summed E-state index contributed by atoms with van der Waals surface area (Å²) in [5.74, 6) is -0.463. The number of carbonyl (C=O) groups excluding carboxylic acids is 1. The van der Waals surface area contributed by atoms with Crippen molar-refractivity contribution in [3.8, 4) is 0 Å². The Bertz CT molecular complexity index is 293. The third-order valence-electron chi connectivity index (χ3n) is 2.34. The zero-order chi connectivity index (χ0) is 11.4. The van der Waals surface area contributed by atoms with Gasteiger partial charge in [0.05, 0.1) is 18.8 Å². The van der Waals surface area contributed by atoms with Crippen molar-refractivity contribution in [2.75, 3.05) is 6.61 Å². The molecule has 0 bridgehead atoms. The first-order valence-electron chi connectivity index (χ1n) is 4.97. The molecule has 0 heterocycles. The molecule has 2 atom stereocenters. The van der Waals surface area contributed by atoms with Gasteiger partial charge >= 0.3 is 5.97 Å². The molecule has 2 unspecified atom stereocenters. The summed E-state index contributed by atoms with van der Waals surface area (Å²) in [6.07, 6.45) is 0.520. The Balaban J connectivity index is 2.74. The Morgan fingerprint density at radius 2 is 2.33 bits per heavy atom. The number of rotatable bonds is 2. The van der Waals surface area contributed by atoms with Gasteiger partial charge in [0.1, 0.15) is 0 Å². The zero-order valence-electron chi connectivity index (χ0n) is 8.77. The minimum Gasteiger partial charge on any atom is -0.463 e. The summed E-state index contributed by atoms with van der Waals surface area (Å²) in [6.45, 7) is 5.71. The molecule has 1 rings (SSSR count). The first kappa shape index (κ1) is 11.9. The highest BCUT2D eigenvalue weighted by Gasteiger charge is 2.25. The van der Waals surface area contributed by atoms with Crippen LogP contribution in [-0.2, 0) is 9.53 Å². The van der Waals surface area contributed by atoms with E-state index in [1.807, 2.05) is 0 Å². The van der Waals surface area contributed by atoms with Gasteiger partial charge in [-0.05, 0) is 24.5 Å². The molecule has 0 aromatic carbocycles. The van der Waals surface area contributed by atoms with Crippen LogP contribution in [0.5, 0.6) is 0 Å². The molecule has 84 valence electrons. The lowest BCUT2D eigenvalue weighted by molar-refractivity contribution is -0.137. The SMILES string of the molecule is C=C1/C(=C\C(=O)OCC)CC(O)CC1O. The topological polar surface area (TPSA) is 66.8 Å². The normalized spacial score (nSPS) is 29.3. The Hall–Kier alpha value is -1.13. The van der Waals surface area contributed by atoms with E-state index in [4.69, 9.17) is 4.74 Å². The minimum atomic E-state index is -0.769. The van der Waals surface area contributed by atoms with Crippen molar-refractivity contribution in [2.24, 2.45) is 0 Å². The van der Waals surface area contributed by atoms with Crippen LogP contribution in [0, 0.1) is 0 Å². The van der Waals surface area contributed by atoms with Crippen molar-refractivity contribution in [1.29, 1.82) is 0 Å². The molecule has 1 fully saturated rings. The van der Waals surface area contributed by atoms with Crippen molar-refractivity contribution in [3.05, 3.63) is 23.8 Å². The maximum Gasteiger partial charge on any atom is 0.331 e. The Morgan fingerprint density at radius 3 is 2.93 bits per heavy atom. The first-order valence-corrected chi connectivity index (χ1v) is 4.97. The monoisotopic (exact) mass is 212 g/mol. The number of hydrogen-bond acceptors (Lipinski definition) is 4. The molecule has 0 amide bonds. The molecule has 0 aromatic rings. The molecule has 0 aromatic heterocycles. The summed E-state index contributed by atoms with van der Waals surface area (Å²) in [5, 5.41) is 18.9. The van der Waals surface area contributed by atoms with E-state index in [-0.39, 0.29) is 6.42 Å². The van der Waals surface area contributed by atoms with Gasteiger partial charge in [0.2, 0.25) is 0 Å². The Kier molecular flexibility index (Phi) is 4.05. The van der Waals surface area contributed by atoms with Crippen LogP contribution in [0.2, 0.25) is 0 Å². The second-order valence-corrected chi connectivity index (χ2v) is 3.56. The van der Waals surface area contributed by atoms with Crippen LogP contribution >= 0.6 is 0 Å². The maximum atomic E-state index is 11.2. The van der Waals surface area contributed by atoms with Crippen LogP contribution in [0.4, 0.5) is 0 Å². The van der Waals surface area contributed by atoms with Crippen molar-refractivity contribution in [1.82, 2.24) is 0 Å². The van der Waals surface area contributed by atoms with Gasteiger partial charge in [-0.1, -0.05) is 6.58 Å². The molecule has 2 N–H and O–H groups in total. The number of aliphatic hydroxyl groups is 2. The van der Waals surface area contributed by atoms with E-state index < -0.39 is 18.2 Å². The summed E-state index contributed by atoms with van der Waals surface area (Å²) < 4.78 is 4.74. The largest absolute Gasteiger partial charge is 0.463 e. The molecule has 0 aliphatic heterocycles. The molecule has 15 heavy (non-hydrogen) atoms. The Morgan fingerprint density at radius 1 is 1.67 bits per heavy atom. The van der Waals surface area contributed by atoms with E-state index in [0.29, 0.717) is 24.2 Å². The molecular weight excluding hydrogens is 196 g/mol. The van der Waals surface area contributed by atoms with Gasteiger partial charge in [0.15, 0.2) is 0 Å². The summed E-state index contributed by atoms with van der Waals surface area (Å²) in [5.41, 5.74) is 1.06. The minimum absolute atomic E-state index is 0.277. The van der Waals surface area contributed by atoms with E-state index in [0.717, 1.165) is 0 Å². The first-order chi connectivity index (χ1) is 7.04.